The van der Waals surface area contributed by atoms with Crippen molar-refractivity contribution in [2.45, 2.75) is 20.0 Å². The predicted molar refractivity (Wildman–Crippen MR) is 48.5 cm³/mol. The van der Waals surface area contributed by atoms with Crippen molar-refractivity contribution in [2.75, 3.05) is 5.32 Å². The molecule has 0 saturated carbocycles. The third-order valence-corrected chi connectivity index (χ3v) is 2.73. The average molecular weight is 223 g/mol. The third kappa shape index (κ3) is 2.47. The largest absolute Gasteiger partial charge is 0.471 e. The number of carbonyl (C=O) groups is 1. The molecule has 1 aromatic rings. The highest BCUT2D eigenvalue weighted by atomic mass is 32.1. The standard InChI is InChI=1S/C8H8F3NOS/c1-4-3-6(14-5(4)2)12-7(13)8(9,10)11/h3H,1-2H3,(H,12,13). The number of carbonyl (C=O) groups excluding carboxylic acids is 1. The number of amides is 1. The van der Waals surface area contributed by atoms with Gasteiger partial charge in [0.2, 0.25) is 0 Å². The highest BCUT2D eigenvalue weighted by molar-refractivity contribution is 7.16. The first-order valence-electron chi connectivity index (χ1n) is 3.76. The van der Waals surface area contributed by atoms with E-state index in [0.29, 0.717) is 0 Å². The lowest BCUT2D eigenvalue weighted by Gasteiger charge is -2.04. The van der Waals surface area contributed by atoms with Crippen LogP contribution >= 0.6 is 11.3 Å². The Balaban J connectivity index is 2.75. The Labute approximate surface area is 82.7 Å². The van der Waals surface area contributed by atoms with E-state index in [0.717, 1.165) is 21.8 Å². The van der Waals surface area contributed by atoms with E-state index in [4.69, 9.17) is 0 Å². The van der Waals surface area contributed by atoms with Crippen molar-refractivity contribution in [2.24, 2.45) is 0 Å². The monoisotopic (exact) mass is 223 g/mol. The minimum atomic E-state index is -4.83. The highest BCUT2D eigenvalue weighted by Crippen LogP contribution is 2.27. The van der Waals surface area contributed by atoms with Crippen molar-refractivity contribution in [3.05, 3.63) is 16.5 Å². The van der Waals surface area contributed by atoms with Gasteiger partial charge in [0.15, 0.2) is 0 Å². The first-order chi connectivity index (χ1) is 6.30. The number of hydrogen-bond acceptors (Lipinski definition) is 2. The number of halogens is 3. The van der Waals surface area contributed by atoms with E-state index in [1.165, 1.54) is 6.07 Å². The molecule has 0 aromatic carbocycles. The molecule has 14 heavy (non-hydrogen) atoms. The molecule has 0 atom stereocenters. The van der Waals surface area contributed by atoms with Crippen LogP contribution in [-0.4, -0.2) is 12.1 Å². The molecule has 0 fully saturated rings. The van der Waals surface area contributed by atoms with Gasteiger partial charge in [0, 0.05) is 4.88 Å². The number of aryl methyl sites for hydroxylation is 2. The van der Waals surface area contributed by atoms with E-state index in [1.54, 1.807) is 19.2 Å². The van der Waals surface area contributed by atoms with Crippen LogP contribution in [0.1, 0.15) is 10.4 Å². The van der Waals surface area contributed by atoms with E-state index in [9.17, 15) is 18.0 Å². The van der Waals surface area contributed by atoms with E-state index >= 15 is 0 Å². The van der Waals surface area contributed by atoms with Gasteiger partial charge >= 0.3 is 12.1 Å². The topological polar surface area (TPSA) is 29.1 Å². The molecule has 1 aromatic heterocycles. The molecule has 0 aliphatic rings. The van der Waals surface area contributed by atoms with Crippen LogP contribution in [0.3, 0.4) is 0 Å². The number of hydrogen-bond donors (Lipinski definition) is 1. The fourth-order valence-electron chi connectivity index (χ4n) is 0.818. The molecule has 1 amide bonds. The van der Waals surface area contributed by atoms with Crippen LogP contribution in [-0.2, 0) is 4.79 Å². The molecular formula is C8H8F3NOS. The zero-order valence-electron chi connectivity index (χ0n) is 7.53. The number of nitrogens with one attached hydrogen (secondary N) is 1. The first kappa shape index (κ1) is 11.0. The number of anilines is 1. The Bertz CT molecular complexity index is 336. The second kappa shape index (κ2) is 3.61. The van der Waals surface area contributed by atoms with Crippen LogP contribution in [0.25, 0.3) is 0 Å². The van der Waals surface area contributed by atoms with Crippen LogP contribution in [0.2, 0.25) is 0 Å². The summed E-state index contributed by atoms with van der Waals surface area (Å²) in [5, 5.41) is 2.02. The summed E-state index contributed by atoms with van der Waals surface area (Å²) in [7, 11) is 0. The molecule has 1 heterocycles. The SMILES string of the molecule is Cc1cc(NC(=O)C(F)(F)F)sc1C. The van der Waals surface area contributed by atoms with Crippen molar-refractivity contribution >= 4 is 22.2 Å². The summed E-state index contributed by atoms with van der Waals surface area (Å²) in [6, 6.07) is 1.52. The zero-order chi connectivity index (χ0) is 10.9. The van der Waals surface area contributed by atoms with Gasteiger partial charge in [-0.05, 0) is 25.5 Å². The van der Waals surface area contributed by atoms with E-state index in [-0.39, 0.29) is 5.00 Å². The second-order valence-corrected chi connectivity index (χ2v) is 4.06. The Morgan fingerprint density at radius 3 is 2.36 bits per heavy atom. The van der Waals surface area contributed by atoms with Crippen LogP contribution in [0.15, 0.2) is 6.07 Å². The first-order valence-corrected chi connectivity index (χ1v) is 4.57. The van der Waals surface area contributed by atoms with E-state index in [2.05, 4.69) is 0 Å². The lowest BCUT2D eigenvalue weighted by molar-refractivity contribution is -0.167. The summed E-state index contributed by atoms with van der Waals surface area (Å²) >= 11 is 1.13. The lowest BCUT2D eigenvalue weighted by atomic mass is 10.3. The molecule has 0 unspecified atom stereocenters. The van der Waals surface area contributed by atoms with E-state index < -0.39 is 12.1 Å². The van der Waals surface area contributed by atoms with Gasteiger partial charge in [-0.25, -0.2) is 0 Å². The van der Waals surface area contributed by atoms with Gasteiger partial charge in [-0.3, -0.25) is 4.79 Å². The van der Waals surface area contributed by atoms with Crippen molar-refractivity contribution < 1.29 is 18.0 Å². The molecule has 0 saturated heterocycles. The molecule has 0 radical (unpaired) electrons. The van der Waals surface area contributed by atoms with Gasteiger partial charge in [0.1, 0.15) is 0 Å². The molecule has 2 nitrogen and oxygen atoms in total. The van der Waals surface area contributed by atoms with Gasteiger partial charge in [0.05, 0.1) is 5.00 Å². The maximum atomic E-state index is 11.8. The van der Waals surface area contributed by atoms with Crippen LogP contribution in [0.5, 0.6) is 0 Å². The van der Waals surface area contributed by atoms with Gasteiger partial charge < -0.3 is 5.32 Å². The summed E-state index contributed by atoms with van der Waals surface area (Å²) in [6.45, 7) is 3.55. The fourth-order valence-corrected chi connectivity index (χ4v) is 1.75. The minimum absolute atomic E-state index is 0.224. The summed E-state index contributed by atoms with van der Waals surface area (Å²) in [4.78, 5) is 11.4. The molecule has 6 heteroatoms. The number of rotatable bonds is 1. The van der Waals surface area contributed by atoms with E-state index in [1.807, 2.05) is 0 Å². The summed E-state index contributed by atoms with van der Waals surface area (Å²) in [6.07, 6.45) is -4.83. The van der Waals surface area contributed by atoms with Crippen molar-refractivity contribution in [3.8, 4) is 0 Å². The molecule has 0 bridgehead atoms. The summed E-state index contributed by atoms with van der Waals surface area (Å²) < 4.78 is 35.5. The zero-order valence-corrected chi connectivity index (χ0v) is 8.34. The van der Waals surface area contributed by atoms with Gasteiger partial charge in [0.25, 0.3) is 0 Å². The third-order valence-electron chi connectivity index (χ3n) is 1.66. The van der Waals surface area contributed by atoms with Crippen LogP contribution in [0.4, 0.5) is 18.2 Å². The van der Waals surface area contributed by atoms with Crippen LogP contribution < -0.4 is 5.32 Å². The lowest BCUT2D eigenvalue weighted by Crippen LogP contribution is -2.29. The van der Waals surface area contributed by atoms with Gasteiger partial charge in [-0.15, -0.1) is 11.3 Å². The maximum absolute atomic E-state index is 11.8. The van der Waals surface area contributed by atoms with Crippen LogP contribution in [0, 0.1) is 13.8 Å². The number of alkyl halides is 3. The predicted octanol–water partition coefficient (Wildman–Crippen LogP) is 2.87. The average Bonchev–Trinajstić information content (AvgIpc) is 2.29. The summed E-state index contributed by atoms with van der Waals surface area (Å²) in [5.74, 6) is -1.93. The van der Waals surface area contributed by atoms with Gasteiger partial charge in [-0.2, -0.15) is 13.2 Å². The quantitative estimate of drug-likeness (QED) is 0.779. The van der Waals surface area contributed by atoms with Crippen molar-refractivity contribution in [1.29, 1.82) is 0 Å². The molecule has 0 aliphatic heterocycles. The van der Waals surface area contributed by atoms with Crippen molar-refractivity contribution in [1.82, 2.24) is 0 Å². The number of thiophene rings is 1. The highest BCUT2D eigenvalue weighted by Gasteiger charge is 2.38. The fraction of sp³-hybridized carbons (Fsp3) is 0.375. The maximum Gasteiger partial charge on any atom is 0.471 e. The Morgan fingerprint density at radius 2 is 2.00 bits per heavy atom. The normalized spacial score (nSPS) is 11.5. The smallest absolute Gasteiger partial charge is 0.310 e. The van der Waals surface area contributed by atoms with Crippen molar-refractivity contribution in [3.63, 3.8) is 0 Å². The summed E-state index contributed by atoms with van der Waals surface area (Å²) in [5.41, 5.74) is 0.868. The minimum Gasteiger partial charge on any atom is -0.310 e. The Morgan fingerprint density at radius 1 is 1.43 bits per heavy atom. The molecule has 0 spiro atoms. The molecule has 78 valence electrons. The Hall–Kier alpha value is -1.04. The second-order valence-electron chi connectivity index (χ2n) is 2.80. The van der Waals surface area contributed by atoms with Gasteiger partial charge in [-0.1, -0.05) is 0 Å². The molecule has 1 N–H and O–H groups in total. The Kier molecular flexibility index (Phi) is 2.84. The molecular weight excluding hydrogens is 215 g/mol. The molecule has 1 rings (SSSR count). The molecule has 0 aliphatic carbocycles.